The van der Waals surface area contributed by atoms with Crippen LogP contribution in [0.5, 0.6) is 5.75 Å². The Morgan fingerprint density at radius 2 is 2.17 bits per heavy atom. The van der Waals surface area contributed by atoms with Crippen molar-refractivity contribution in [3.8, 4) is 16.4 Å². The molecule has 0 aliphatic carbocycles. The monoisotopic (exact) mass is 342 g/mol. The molecule has 0 saturated heterocycles. The van der Waals surface area contributed by atoms with Crippen molar-refractivity contribution < 1.29 is 14.1 Å². The SMILES string of the molecule is COc1cccc([C@@H](C)NC(=O)c2c(C)noc2-c2cccs2)c1. The molecule has 0 radical (unpaired) electrons. The van der Waals surface area contributed by atoms with Gasteiger partial charge in [0.2, 0.25) is 0 Å². The minimum Gasteiger partial charge on any atom is -0.497 e. The number of nitrogens with zero attached hydrogens (tertiary/aromatic N) is 1. The molecule has 0 unspecified atom stereocenters. The fraction of sp³-hybridized carbons (Fsp3) is 0.222. The number of benzene rings is 1. The summed E-state index contributed by atoms with van der Waals surface area (Å²) < 4.78 is 10.6. The van der Waals surface area contributed by atoms with E-state index in [2.05, 4.69) is 10.5 Å². The van der Waals surface area contributed by atoms with Crippen LogP contribution >= 0.6 is 11.3 Å². The zero-order valence-electron chi connectivity index (χ0n) is 13.7. The van der Waals surface area contributed by atoms with Crippen LogP contribution in [0.4, 0.5) is 0 Å². The molecule has 3 rings (SSSR count). The van der Waals surface area contributed by atoms with Crippen LogP contribution in [0.15, 0.2) is 46.3 Å². The molecular formula is C18H18N2O3S. The molecule has 1 aromatic carbocycles. The van der Waals surface area contributed by atoms with E-state index in [0.717, 1.165) is 16.2 Å². The van der Waals surface area contributed by atoms with E-state index in [1.165, 1.54) is 11.3 Å². The minimum atomic E-state index is -0.201. The summed E-state index contributed by atoms with van der Waals surface area (Å²) in [5, 5.41) is 8.89. The van der Waals surface area contributed by atoms with Crippen LogP contribution in [0.25, 0.3) is 10.6 Å². The van der Waals surface area contributed by atoms with Crippen molar-refractivity contribution in [2.45, 2.75) is 19.9 Å². The number of aryl methyl sites for hydroxylation is 1. The number of ether oxygens (including phenoxy) is 1. The Morgan fingerprint density at radius 1 is 1.33 bits per heavy atom. The second-order valence-electron chi connectivity index (χ2n) is 5.42. The van der Waals surface area contributed by atoms with Crippen molar-refractivity contribution in [2.75, 3.05) is 7.11 Å². The van der Waals surface area contributed by atoms with Gasteiger partial charge in [0.05, 0.1) is 23.7 Å². The zero-order valence-corrected chi connectivity index (χ0v) is 14.5. The molecular weight excluding hydrogens is 324 g/mol. The summed E-state index contributed by atoms with van der Waals surface area (Å²) in [6.07, 6.45) is 0. The molecule has 3 aromatic rings. The first-order valence-corrected chi connectivity index (χ1v) is 8.43. The molecule has 24 heavy (non-hydrogen) atoms. The van der Waals surface area contributed by atoms with E-state index in [0.29, 0.717) is 17.0 Å². The van der Waals surface area contributed by atoms with Crippen molar-refractivity contribution in [1.82, 2.24) is 10.5 Å². The number of carbonyl (C=O) groups is 1. The van der Waals surface area contributed by atoms with Crippen molar-refractivity contribution in [3.05, 3.63) is 58.6 Å². The van der Waals surface area contributed by atoms with E-state index in [4.69, 9.17) is 9.26 Å². The van der Waals surface area contributed by atoms with Crippen molar-refractivity contribution >= 4 is 17.2 Å². The first-order chi connectivity index (χ1) is 11.6. The van der Waals surface area contributed by atoms with E-state index in [1.54, 1.807) is 14.0 Å². The van der Waals surface area contributed by atoms with Gasteiger partial charge in [-0.2, -0.15) is 0 Å². The molecule has 2 heterocycles. The maximum atomic E-state index is 12.7. The van der Waals surface area contributed by atoms with Gasteiger partial charge in [0, 0.05) is 0 Å². The van der Waals surface area contributed by atoms with E-state index in [9.17, 15) is 4.79 Å². The maximum absolute atomic E-state index is 12.7. The lowest BCUT2D eigenvalue weighted by Crippen LogP contribution is -2.27. The van der Waals surface area contributed by atoms with Crippen molar-refractivity contribution in [3.63, 3.8) is 0 Å². The van der Waals surface area contributed by atoms with E-state index >= 15 is 0 Å². The number of rotatable bonds is 5. The Bertz CT molecular complexity index is 840. The first-order valence-electron chi connectivity index (χ1n) is 7.55. The molecule has 0 aliphatic rings. The van der Waals surface area contributed by atoms with E-state index in [-0.39, 0.29) is 11.9 Å². The van der Waals surface area contributed by atoms with Gasteiger partial charge in [-0.05, 0) is 43.0 Å². The largest absolute Gasteiger partial charge is 0.497 e. The molecule has 1 amide bonds. The Hall–Kier alpha value is -2.60. The summed E-state index contributed by atoms with van der Waals surface area (Å²) in [4.78, 5) is 13.6. The van der Waals surface area contributed by atoms with Crippen molar-refractivity contribution in [2.24, 2.45) is 0 Å². The standard InChI is InChI=1S/C18H18N2O3S/c1-11(13-6-4-7-14(10-13)22-3)19-18(21)16-12(2)20-23-17(16)15-8-5-9-24-15/h4-11H,1-3H3,(H,19,21)/t11-/m1/s1. The number of aromatic nitrogens is 1. The summed E-state index contributed by atoms with van der Waals surface area (Å²) in [6, 6.07) is 11.3. The summed E-state index contributed by atoms with van der Waals surface area (Å²) >= 11 is 1.51. The highest BCUT2D eigenvalue weighted by Crippen LogP contribution is 2.30. The molecule has 0 bridgehead atoms. The van der Waals surface area contributed by atoms with Gasteiger partial charge in [-0.25, -0.2) is 0 Å². The minimum absolute atomic E-state index is 0.168. The molecule has 2 aromatic heterocycles. The molecule has 124 valence electrons. The second-order valence-corrected chi connectivity index (χ2v) is 6.37. The van der Waals surface area contributed by atoms with Gasteiger partial charge < -0.3 is 14.6 Å². The first kappa shape index (κ1) is 16.3. The number of amides is 1. The number of nitrogens with one attached hydrogen (secondary N) is 1. The highest BCUT2D eigenvalue weighted by atomic mass is 32.1. The van der Waals surface area contributed by atoms with Crippen LogP contribution in [0.2, 0.25) is 0 Å². The second kappa shape index (κ2) is 6.88. The zero-order chi connectivity index (χ0) is 17.1. The summed E-state index contributed by atoms with van der Waals surface area (Å²) in [6.45, 7) is 3.70. The van der Waals surface area contributed by atoms with Gasteiger partial charge in [0.25, 0.3) is 5.91 Å². The number of hydrogen-bond donors (Lipinski definition) is 1. The van der Waals surface area contributed by atoms with Crippen LogP contribution in [0.3, 0.4) is 0 Å². The van der Waals surface area contributed by atoms with Crippen LogP contribution in [-0.2, 0) is 0 Å². The number of carbonyl (C=O) groups excluding carboxylic acids is 1. The lowest BCUT2D eigenvalue weighted by atomic mass is 10.1. The predicted octanol–water partition coefficient (Wildman–Crippen LogP) is 4.21. The quantitative estimate of drug-likeness (QED) is 0.754. The fourth-order valence-electron chi connectivity index (χ4n) is 2.48. The third-order valence-electron chi connectivity index (χ3n) is 3.78. The van der Waals surface area contributed by atoms with Crippen molar-refractivity contribution in [1.29, 1.82) is 0 Å². The number of hydrogen-bond acceptors (Lipinski definition) is 5. The lowest BCUT2D eigenvalue weighted by molar-refractivity contribution is 0.0939. The van der Waals surface area contributed by atoms with E-state index in [1.807, 2.05) is 48.7 Å². The molecule has 0 saturated carbocycles. The normalized spacial score (nSPS) is 12.0. The Balaban J connectivity index is 1.84. The average molecular weight is 342 g/mol. The molecule has 1 N–H and O–H groups in total. The summed E-state index contributed by atoms with van der Waals surface area (Å²) in [5.41, 5.74) is 2.02. The van der Waals surface area contributed by atoms with Gasteiger partial charge in [0.1, 0.15) is 11.3 Å². The topological polar surface area (TPSA) is 64.4 Å². The van der Waals surface area contributed by atoms with Crippen LogP contribution in [0.1, 0.15) is 34.6 Å². The third-order valence-corrected chi connectivity index (χ3v) is 4.64. The molecule has 0 fully saturated rings. The van der Waals surface area contributed by atoms with Gasteiger partial charge in [-0.3, -0.25) is 4.79 Å². The summed E-state index contributed by atoms with van der Waals surface area (Å²) in [5.74, 6) is 1.07. The number of thiophene rings is 1. The van der Waals surface area contributed by atoms with E-state index < -0.39 is 0 Å². The van der Waals surface area contributed by atoms with Crippen LogP contribution in [0, 0.1) is 6.92 Å². The van der Waals surface area contributed by atoms with Gasteiger partial charge >= 0.3 is 0 Å². The molecule has 1 atom stereocenters. The highest BCUT2D eigenvalue weighted by molar-refractivity contribution is 7.13. The van der Waals surface area contributed by atoms with Gasteiger partial charge in [-0.1, -0.05) is 23.4 Å². The van der Waals surface area contributed by atoms with Crippen LogP contribution in [-0.4, -0.2) is 18.2 Å². The van der Waals surface area contributed by atoms with Gasteiger partial charge in [-0.15, -0.1) is 11.3 Å². The smallest absolute Gasteiger partial charge is 0.257 e. The molecule has 0 spiro atoms. The highest BCUT2D eigenvalue weighted by Gasteiger charge is 2.23. The molecule has 0 aliphatic heterocycles. The third kappa shape index (κ3) is 3.19. The lowest BCUT2D eigenvalue weighted by Gasteiger charge is -2.15. The van der Waals surface area contributed by atoms with Crippen LogP contribution < -0.4 is 10.1 Å². The predicted molar refractivity (Wildman–Crippen MR) is 93.4 cm³/mol. The van der Waals surface area contributed by atoms with Gasteiger partial charge in [0.15, 0.2) is 5.76 Å². The Labute approximate surface area is 144 Å². The summed E-state index contributed by atoms with van der Waals surface area (Å²) in [7, 11) is 1.62. The fourth-order valence-corrected chi connectivity index (χ4v) is 3.18. The number of methoxy groups -OCH3 is 1. The average Bonchev–Trinajstić information content (AvgIpc) is 3.24. The Kier molecular flexibility index (Phi) is 4.66. The molecule has 6 heteroatoms. The maximum Gasteiger partial charge on any atom is 0.257 e. The Morgan fingerprint density at radius 3 is 2.88 bits per heavy atom. The molecule has 5 nitrogen and oxygen atoms in total.